The Morgan fingerprint density at radius 3 is 2.50 bits per heavy atom. The number of nitrogens with zero attached hydrogens (tertiary/aromatic N) is 1. The maximum Gasteiger partial charge on any atom is 0.0340 e. The van der Waals surface area contributed by atoms with E-state index in [-0.39, 0.29) is 0 Å². The van der Waals surface area contributed by atoms with Gasteiger partial charge in [0.1, 0.15) is 0 Å². The van der Waals surface area contributed by atoms with Crippen LogP contribution < -0.4 is 5.32 Å². The largest absolute Gasteiger partial charge is 0.385 e. The van der Waals surface area contributed by atoms with Crippen LogP contribution in [0.25, 0.3) is 0 Å². The second kappa shape index (κ2) is 6.20. The van der Waals surface area contributed by atoms with Gasteiger partial charge in [-0.15, -0.1) is 0 Å². The molecule has 0 aliphatic carbocycles. The number of benzene rings is 1. The van der Waals surface area contributed by atoms with Crippen molar-refractivity contribution in [1.82, 2.24) is 4.98 Å². The van der Waals surface area contributed by atoms with Crippen LogP contribution in [-0.4, -0.2) is 11.5 Å². The van der Waals surface area contributed by atoms with Crippen LogP contribution in [0.3, 0.4) is 0 Å². The predicted octanol–water partition coefficient (Wildman–Crippen LogP) is 3.86. The standard InChI is InChI=1S/C16H20N2/c1-13(2)15-5-7-16(8-6-15)18-11-9-14-4-3-10-17-12-14/h3-8,10,12-13,18H,9,11H2,1-2H3. The summed E-state index contributed by atoms with van der Waals surface area (Å²) in [4.78, 5) is 4.11. The van der Waals surface area contributed by atoms with Gasteiger partial charge in [-0.05, 0) is 41.7 Å². The molecule has 2 rings (SSSR count). The highest BCUT2D eigenvalue weighted by Crippen LogP contribution is 2.17. The highest BCUT2D eigenvalue weighted by molar-refractivity contribution is 5.45. The number of aromatic nitrogens is 1. The fraction of sp³-hybridized carbons (Fsp3) is 0.312. The summed E-state index contributed by atoms with van der Waals surface area (Å²) in [6.07, 6.45) is 4.73. The van der Waals surface area contributed by atoms with E-state index in [1.165, 1.54) is 16.8 Å². The van der Waals surface area contributed by atoms with Crippen molar-refractivity contribution in [3.63, 3.8) is 0 Å². The Bertz CT molecular complexity index is 460. The van der Waals surface area contributed by atoms with Crippen LogP contribution in [0.2, 0.25) is 0 Å². The quantitative estimate of drug-likeness (QED) is 0.858. The van der Waals surface area contributed by atoms with Gasteiger partial charge in [0.25, 0.3) is 0 Å². The Hall–Kier alpha value is -1.83. The number of hydrogen-bond acceptors (Lipinski definition) is 2. The van der Waals surface area contributed by atoms with E-state index in [4.69, 9.17) is 0 Å². The lowest BCUT2D eigenvalue weighted by atomic mass is 10.0. The van der Waals surface area contributed by atoms with Gasteiger partial charge in [-0.1, -0.05) is 32.0 Å². The Labute approximate surface area is 109 Å². The van der Waals surface area contributed by atoms with Crippen LogP contribution in [0.4, 0.5) is 5.69 Å². The lowest BCUT2D eigenvalue weighted by Crippen LogP contribution is -2.05. The molecule has 0 aliphatic rings. The molecular formula is C16H20N2. The van der Waals surface area contributed by atoms with Gasteiger partial charge in [0.2, 0.25) is 0 Å². The van der Waals surface area contributed by atoms with Gasteiger partial charge in [-0.25, -0.2) is 0 Å². The lowest BCUT2D eigenvalue weighted by Gasteiger charge is -2.09. The van der Waals surface area contributed by atoms with Crippen molar-refractivity contribution in [1.29, 1.82) is 0 Å². The van der Waals surface area contributed by atoms with Crippen molar-refractivity contribution in [2.75, 3.05) is 11.9 Å². The number of pyridine rings is 1. The topological polar surface area (TPSA) is 24.9 Å². The third-order valence-electron chi connectivity index (χ3n) is 3.04. The van der Waals surface area contributed by atoms with Crippen molar-refractivity contribution < 1.29 is 0 Å². The van der Waals surface area contributed by atoms with Gasteiger partial charge in [-0.3, -0.25) is 4.98 Å². The Morgan fingerprint density at radius 1 is 1.11 bits per heavy atom. The first-order valence-corrected chi connectivity index (χ1v) is 6.48. The second-order valence-corrected chi connectivity index (χ2v) is 4.81. The molecule has 2 nitrogen and oxygen atoms in total. The molecule has 0 amide bonds. The Kier molecular flexibility index (Phi) is 4.35. The molecule has 0 bridgehead atoms. The van der Waals surface area contributed by atoms with E-state index in [1.807, 2.05) is 18.5 Å². The smallest absolute Gasteiger partial charge is 0.0340 e. The van der Waals surface area contributed by atoms with Crippen molar-refractivity contribution in [2.24, 2.45) is 0 Å². The van der Waals surface area contributed by atoms with E-state index >= 15 is 0 Å². The molecule has 2 heteroatoms. The molecule has 0 unspecified atom stereocenters. The second-order valence-electron chi connectivity index (χ2n) is 4.81. The summed E-state index contributed by atoms with van der Waals surface area (Å²) in [5.41, 5.74) is 3.83. The van der Waals surface area contributed by atoms with Crippen LogP contribution in [0, 0.1) is 0 Å². The first-order valence-electron chi connectivity index (χ1n) is 6.48. The summed E-state index contributed by atoms with van der Waals surface area (Å²) in [5.74, 6) is 0.592. The average Bonchev–Trinajstić information content (AvgIpc) is 2.40. The van der Waals surface area contributed by atoms with Crippen LogP contribution in [0.15, 0.2) is 48.8 Å². The molecule has 1 heterocycles. The summed E-state index contributed by atoms with van der Waals surface area (Å²) < 4.78 is 0. The van der Waals surface area contributed by atoms with Crippen molar-refractivity contribution in [2.45, 2.75) is 26.2 Å². The molecule has 0 saturated carbocycles. The maximum atomic E-state index is 4.11. The fourth-order valence-corrected chi connectivity index (χ4v) is 1.88. The molecule has 0 radical (unpaired) electrons. The zero-order valence-electron chi connectivity index (χ0n) is 11.1. The molecule has 0 fully saturated rings. The molecule has 0 atom stereocenters. The van der Waals surface area contributed by atoms with E-state index in [0.29, 0.717) is 5.92 Å². The number of nitrogens with one attached hydrogen (secondary N) is 1. The van der Waals surface area contributed by atoms with E-state index in [2.05, 4.69) is 54.5 Å². The normalized spacial score (nSPS) is 10.6. The predicted molar refractivity (Wildman–Crippen MR) is 77.0 cm³/mol. The summed E-state index contributed by atoms with van der Waals surface area (Å²) in [7, 11) is 0. The summed E-state index contributed by atoms with van der Waals surface area (Å²) >= 11 is 0. The molecule has 1 aromatic carbocycles. The minimum atomic E-state index is 0.592. The first-order chi connectivity index (χ1) is 8.75. The third-order valence-corrected chi connectivity index (χ3v) is 3.04. The number of hydrogen-bond donors (Lipinski definition) is 1. The summed E-state index contributed by atoms with van der Waals surface area (Å²) in [6, 6.07) is 12.8. The molecule has 94 valence electrons. The van der Waals surface area contributed by atoms with Gasteiger partial charge in [0, 0.05) is 24.6 Å². The lowest BCUT2D eigenvalue weighted by molar-refractivity contribution is 0.866. The van der Waals surface area contributed by atoms with Gasteiger partial charge < -0.3 is 5.32 Å². The summed E-state index contributed by atoms with van der Waals surface area (Å²) in [5, 5.41) is 3.43. The zero-order valence-corrected chi connectivity index (χ0v) is 11.1. The Balaban J connectivity index is 1.83. The zero-order chi connectivity index (χ0) is 12.8. The van der Waals surface area contributed by atoms with Gasteiger partial charge in [0.05, 0.1) is 0 Å². The van der Waals surface area contributed by atoms with E-state index in [9.17, 15) is 0 Å². The van der Waals surface area contributed by atoms with Crippen molar-refractivity contribution >= 4 is 5.69 Å². The molecule has 2 aromatic rings. The average molecular weight is 240 g/mol. The molecule has 1 N–H and O–H groups in total. The van der Waals surface area contributed by atoms with Crippen molar-refractivity contribution in [3.05, 3.63) is 59.9 Å². The molecule has 1 aromatic heterocycles. The van der Waals surface area contributed by atoms with E-state index in [1.54, 1.807) is 0 Å². The molecule has 0 spiro atoms. The SMILES string of the molecule is CC(C)c1ccc(NCCc2cccnc2)cc1. The van der Waals surface area contributed by atoms with Crippen LogP contribution in [0.5, 0.6) is 0 Å². The first kappa shape index (κ1) is 12.6. The van der Waals surface area contributed by atoms with E-state index in [0.717, 1.165) is 13.0 Å². The summed E-state index contributed by atoms with van der Waals surface area (Å²) in [6.45, 7) is 5.36. The molecular weight excluding hydrogens is 220 g/mol. The van der Waals surface area contributed by atoms with Crippen molar-refractivity contribution in [3.8, 4) is 0 Å². The molecule has 0 saturated heterocycles. The minimum Gasteiger partial charge on any atom is -0.385 e. The molecule has 0 aliphatic heterocycles. The highest BCUT2D eigenvalue weighted by atomic mass is 14.9. The van der Waals surface area contributed by atoms with E-state index < -0.39 is 0 Å². The van der Waals surface area contributed by atoms with Crippen LogP contribution in [-0.2, 0) is 6.42 Å². The number of rotatable bonds is 5. The van der Waals surface area contributed by atoms with Crippen LogP contribution in [0.1, 0.15) is 30.9 Å². The fourth-order valence-electron chi connectivity index (χ4n) is 1.88. The monoisotopic (exact) mass is 240 g/mol. The third kappa shape index (κ3) is 3.59. The maximum absolute atomic E-state index is 4.11. The van der Waals surface area contributed by atoms with Gasteiger partial charge in [0.15, 0.2) is 0 Å². The Morgan fingerprint density at radius 2 is 1.89 bits per heavy atom. The van der Waals surface area contributed by atoms with Gasteiger partial charge in [-0.2, -0.15) is 0 Å². The highest BCUT2D eigenvalue weighted by Gasteiger charge is 1.98. The number of anilines is 1. The van der Waals surface area contributed by atoms with Crippen LogP contribution >= 0.6 is 0 Å². The molecule has 18 heavy (non-hydrogen) atoms. The minimum absolute atomic E-state index is 0.592. The van der Waals surface area contributed by atoms with Gasteiger partial charge >= 0.3 is 0 Å².